The number of aromatic nitrogens is 1. The fourth-order valence-corrected chi connectivity index (χ4v) is 2.35. The Bertz CT molecular complexity index is 577. The molecule has 94 valence electrons. The number of anilines is 2. The summed E-state index contributed by atoms with van der Waals surface area (Å²) in [4.78, 5) is 10.0. The number of hydroxylamine groups is 1. The smallest absolute Gasteiger partial charge is 0.0749 e. The zero-order valence-electron chi connectivity index (χ0n) is 10.5. The fraction of sp³-hybridized carbons (Fsp3) is 0.357. The molecule has 1 aliphatic rings. The molecule has 0 unspecified atom stereocenters. The third kappa shape index (κ3) is 1.88. The van der Waals surface area contributed by atoms with Gasteiger partial charge in [0.1, 0.15) is 0 Å². The van der Waals surface area contributed by atoms with Gasteiger partial charge < -0.3 is 5.73 Å². The van der Waals surface area contributed by atoms with E-state index in [9.17, 15) is 0 Å². The summed E-state index contributed by atoms with van der Waals surface area (Å²) in [5, 5.41) is 4.08. The van der Waals surface area contributed by atoms with Crippen LogP contribution in [0.25, 0.3) is 10.8 Å². The lowest BCUT2D eigenvalue weighted by molar-refractivity contribution is 0.0784. The molecular formula is C14H17N3O. The molecular weight excluding hydrogens is 226 g/mol. The molecule has 1 fully saturated rings. The number of nitrogens with zero attached hydrogens (tertiary/aromatic N) is 2. The Labute approximate surface area is 106 Å². The van der Waals surface area contributed by atoms with Crippen LogP contribution in [0.3, 0.4) is 0 Å². The Hall–Kier alpha value is -1.81. The van der Waals surface area contributed by atoms with Gasteiger partial charge in [0.2, 0.25) is 0 Å². The molecule has 4 nitrogen and oxygen atoms in total. The topological polar surface area (TPSA) is 51.4 Å². The van der Waals surface area contributed by atoms with Gasteiger partial charge in [0.25, 0.3) is 0 Å². The molecule has 0 spiro atoms. The van der Waals surface area contributed by atoms with Crippen molar-refractivity contribution in [2.75, 3.05) is 23.9 Å². The van der Waals surface area contributed by atoms with Gasteiger partial charge in [0.05, 0.1) is 12.3 Å². The molecule has 4 heteroatoms. The second-order valence-corrected chi connectivity index (χ2v) is 4.69. The number of fused-ring (bicyclic) bond motifs is 1. The fourth-order valence-electron chi connectivity index (χ4n) is 2.35. The Morgan fingerprint density at radius 3 is 2.94 bits per heavy atom. The number of hydrogen-bond acceptors (Lipinski definition) is 4. The molecule has 1 aromatic carbocycles. The van der Waals surface area contributed by atoms with E-state index < -0.39 is 0 Å². The number of rotatable bonds is 1. The van der Waals surface area contributed by atoms with E-state index in [-0.39, 0.29) is 0 Å². The van der Waals surface area contributed by atoms with Crippen LogP contribution < -0.4 is 10.8 Å². The zero-order chi connectivity index (χ0) is 12.5. The first-order chi connectivity index (χ1) is 8.75. The van der Waals surface area contributed by atoms with E-state index in [4.69, 9.17) is 10.6 Å². The van der Waals surface area contributed by atoms with Gasteiger partial charge in [0, 0.05) is 34.9 Å². The van der Waals surface area contributed by atoms with Crippen LogP contribution in [0.15, 0.2) is 24.4 Å². The lowest BCUT2D eigenvalue weighted by Gasteiger charge is -2.29. The summed E-state index contributed by atoms with van der Waals surface area (Å²) >= 11 is 0. The summed E-state index contributed by atoms with van der Waals surface area (Å²) in [6.07, 6.45) is 4.13. The molecule has 0 saturated carbocycles. The van der Waals surface area contributed by atoms with Crippen molar-refractivity contribution in [1.82, 2.24) is 4.98 Å². The van der Waals surface area contributed by atoms with Crippen LogP contribution in [0.5, 0.6) is 0 Å². The number of hydrogen-bond donors (Lipinski definition) is 1. The highest BCUT2D eigenvalue weighted by Gasteiger charge is 2.15. The quantitative estimate of drug-likeness (QED) is 0.782. The second kappa shape index (κ2) is 4.46. The van der Waals surface area contributed by atoms with Crippen LogP contribution in [0.1, 0.15) is 18.5 Å². The number of benzene rings is 1. The summed E-state index contributed by atoms with van der Waals surface area (Å²) in [6.45, 7) is 3.71. The number of nitrogen functional groups attached to an aromatic ring is 1. The van der Waals surface area contributed by atoms with E-state index >= 15 is 0 Å². The lowest BCUT2D eigenvalue weighted by atomic mass is 10.1. The maximum absolute atomic E-state index is 6.01. The first kappa shape index (κ1) is 11.3. The molecule has 0 radical (unpaired) electrons. The third-order valence-electron chi connectivity index (χ3n) is 3.32. The van der Waals surface area contributed by atoms with Crippen LogP contribution in [0.2, 0.25) is 0 Å². The van der Waals surface area contributed by atoms with Gasteiger partial charge >= 0.3 is 0 Å². The highest BCUT2D eigenvalue weighted by Crippen LogP contribution is 2.32. The molecule has 1 aliphatic heterocycles. The van der Waals surface area contributed by atoms with Crippen LogP contribution in [0.4, 0.5) is 11.4 Å². The van der Waals surface area contributed by atoms with Gasteiger partial charge in [-0.25, -0.2) is 0 Å². The largest absolute Gasteiger partial charge is 0.398 e. The van der Waals surface area contributed by atoms with Crippen molar-refractivity contribution in [3.63, 3.8) is 0 Å². The lowest BCUT2D eigenvalue weighted by Crippen LogP contribution is -2.29. The van der Waals surface area contributed by atoms with E-state index in [0.29, 0.717) is 0 Å². The molecule has 3 rings (SSSR count). The van der Waals surface area contributed by atoms with E-state index in [1.54, 1.807) is 0 Å². The maximum Gasteiger partial charge on any atom is 0.0749 e. The normalized spacial score (nSPS) is 16.2. The SMILES string of the molecule is Cc1cc2c(N3CCCCO3)ccc(N)c2cn1. The Morgan fingerprint density at radius 2 is 2.17 bits per heavy atom. The van der Waals surface area contributed by atoms with Crippen LogP contribution in [-0.4, -0.2) is 18.1 Å². The van der Waals surface area contributed by atoms with Gasteiger partial charge in [-0.1, -0.05) is 0 Å². The third-order valence-corrected chi connectivity index (χ3v) is 3.32. The highest BCUT2D eigenvalue weighted by atomic mass is 16.7. The number of aryl methyl sites for hydroxylation is 1. The van der Waals surface area contributed by atoms with Crippen molar-refractivity contribution < 1.29 is 4.84 Å². The Kier molecular flexibility index (Phi) is 2.80. The summed E-state index contributed by atoms with van der Waals surface area (Å²) < 4.78 is 0. The van der Waals surface area contributed by atoms with Crippen molar-refractivity contribution in [1.29, 1.82) is 0 Å². The minimum atomic E-state index is 0.762. The van der Waals surface area contributed by atoms with Gasteiger partial charge in [-0.05, 0) is 38.0 Å². The maximum atomic E-state index is 6.01. The molecule has 0 amide bonds. The molecule has 0 aliphatic carbocycles. The van der Waals surface area contributed by atoms with Gasteiger partial charge in [-0.2, -0.15) is 0 Å². The molecule has 0 bridgehead atoms. The number of nitrogens with two attached hydrogens (primary N) is 1. The van der Waals surface area contributed by atoms with E-state index in [1.165, 1.54) is 0 Å². The van der Waals surface area contributed by atoms with E-state index in [0.717, 1.165) is 53.8 Å². The molecule has 18 heavy (non-hydrogen) atoms. The average molecular weight is 243 g/mol. The minimum absolute atomic E-state index is 0.762. The molecule has 0 atom stereocenters. The molecule has 1 saturated heterocycles. The van der Waals surface area contributed by atoms with Crippen molar-refractivity contribution >= 4 is 22.1 Å². The van der Waals surface area contributed by atoms with Crippen molar-refractivity contribution in [3.05, 3.63) is 30.1 Å². The van der Waals surface area contributed by atoms with Crippen LogP contribution >= 0.6 is 0 Å². The summed E-state index contributed by atoms with van der Waals surface area (Å²) in [5.41, 5.74) is 8.85. The van der Waals surface area contributed by atoms with E-state index in [1.807, 2.05) is 30.3 Å². The standard InChI is InChI=1S/C14H17N3O/c1-10-8-11-12(9-16-10)13(15)4-5-14(11)17-6-2-3-7-18-17/h4-5,8-9H,2-3,6-7,15H2,1H3. The molecule has 2 N–H and O–H groups in total. The highest BCUT2D eigenvalue weighted by molar-refractivity contribution is 6.00. The summed E-state index contributed by atoms with van der Waals surface area (Å²) in [6, 6.07) is 6.02. The predicted molar refractivity (Wildman–Crippen MR) is 73.4 cm³/mol. The molecule has 2 heterocycles. The van der Waals surface area contributed by atoms with Gasteiger partial charge in [0.15, 0.2) is 0 Å². The van der Waals surface area contributed by atoms with Gasteiger partial charge in [-0.3, -0.25) is 14.9 Å². The second-order valence-electron chi connectivity index (χ2n) is 4.69. The Balaban J connectivity index is 2.16. The van der Waals surface area contributed by atoms with Crippen molar-refractivity contribution in [2.45, 2.75) is 19.8 Å². The first-order valence-corrected chi connectivity index (χ1v) is 6.31. The predicted octanol–water partition coefficient (Wildman–Crippen LogP) is 2.66. The molecule has 1 aromatic heterocycles. The van der Waals surface area contributed by atoms with Crippen LogP contribution in [-0.2, 0) is 4.84 Å². The number of pyridine rings is 1. The van der Waals surface area contributed by atoms with Crippen molar-refractivity contribution in [2.24, 2.45) is 0 Å². The minimum Gasteiger partial charge on any atom is -0.398 e. The summed E-state index contributed by atoms with van der Waals surface area (Å²) in [5.74, 6) is 0. The first-order valence-electron chi connectivity index (χ1n) is 6.31. The monoisotopic (exact) mass is 243 g/mol. The zero-order valence-corrected chi connectivity index (χ0v) is 10.5. The average Bonchev–Trinajstić information content (AvgIpc) is 2.40. The molecule has 2 aromatic rings. The van der Waals surface area contributed by atoms with Crippen LogP contribution in [0, 0.1) is 6.92 Å². The van der Waals surface area contributed by atoms with E-state index in [2.05, 4.69) is 11.1 Å². The van der Waals surface area contributed by atoms with Gasteiger partial charge in [-0.15, -0.1) is 0 Å². The van der Waals surface area contributed by atoms with Crippen molar-refractivity contribution in [3.8, 4) is 0 Å². The summed E-state index contributed by atoms with van der Waals surface area (Å²) in [7, 11) is 0. The Morgan fingerprint density at radius 1 is 1.28 bits per heavy atom.